The minimum absolute atomic E-state index is 0.687. The van der Waals surface area contributed by atoms with Crippen molar-refractivity contribution in [2.24, 2.45) is 4.99 Å². The number of benzene rings is 1. The lowest BCUT2D eigenvalue weighted by molar-refractivity contribution is 0.935. The van der Waals surface area contributed by atoms with Gasteiger partial charge in [0.25, 0.3) is 0 Å². The summed E-state index contributed by atoms with van der Waals surface area (Å²) in [6.45, 7) is 6.16. The summed E-state index contributed by atoms with van der Waals surface area (Å²) in [5, 5.41) is 7.82. The van der Waals surface area contributed by atoms with E-state index in [0.717, 1.165) is 32.8 Å². The standard InChI is InChI=1S/C19H18BrN5/c1-14(7-6-10-21-2)12-22-18-11-17(15-8-4-3-5-9-15)24-19-16(20)13-23-25(18)19/h3-11,13,22H,2,12H2,1H3/b10-6-,14-7+. The van der Waals surface area contributed by atoms with Crippen LogP contribution in [0.25, 0.3) is 16.9 Å². The molecule has 0 saturated heterocycles. The number of nitrogens with zero attached hydrogens (tertiary/aromatic N) is 4. The molecule has 126 valence electrons. The second kappa shape index (κ2) is 7.90. The van der Waals surface area contributed by atoms with Crippen LogP contribution in [0.4, 0.5) is 5.82 Å². The van der Waals surface area contributed by atoms with E-state index in [1.807, 2.05) is 48.6 Å². The van der Waals surface area contributed by atoms with Crippen LogP contribution >= 0.6 is 15.9 Å². The van der Waals surface area contributed by atoms with Crippen molar-refractivity contribution in [3.63, 3.8) is 0 Å². The molecule has 0 atom stereocenters. The van der Waals surface area contributed by atoms with Crippen LogP contribution in [0.2, 0.25) is 0 Å². The maximum Gasteiger partial charge on any atom is 0.172 e. The Hall–Kier alpha value is -2.73. The molecular weight excluding hydrogens is 378 g/mol. The van der Waals surface area contributed by atoms with Crippen molar-refractivity contribution < 1.29 is 0 Å². The number of nitrogens with one attached hydrogen (secondary N) is 1. The summed E-state index contributed by atoms with van der Waals surface area (Å²) in [4.78, 5) is 8.41. The maximum absolute atomic E-state index is 4.72. The molecule has 0 aliphatic heterocycles. The lowest BCUT2D eigenvalue weighted by Gasteiger charge is -2.11. The summed E-state index contributed by atoms with van der Waals surface area (Å²) in [7, 11) is 0. The fraction of sp³-hybridized carbons (Fsp3) is 0.105. The fourth-order valence-electron chi connectivity index (χ4n) is 2.38. The minimum Gasteiger partial charge on any atom is -0.366 e. The van der Waals surface area contributed by atoms with Crippen molar-refractivity contribution in [1.82, 2.24) is 14.6 Å². The van der Waals surface area contributed by atoms with Gasteiger partial charge in [-0.25, -0.2) is 4.98 Å². The van der Waals surface area contributed by atoms with Crippen LogP contribution in [0.5, 0.6) is 0 Å². The number of halogens is 1. The lowest BCUT2D eigenvalue weighted by atomic mass is 10.1. The van der Waals surface area contributed by atoms with E-state index >= 15 is 0 Å². The molecule has 3 rings (SSSR count). The SMILES string of the molecule is C=N/C=C\C=C(/C)CNc1cc(-c2ccccc2)nc2c(Br)cnn12. The molecule has 0 amide bonds. The highest BCUT2D eigenvalue weighted by molar-refractivity contribution is 9.10. The Bertz CT molecular complexity index is 941. The smallest absolute Gasteiger partial charge is 0.172 e. The van der Waals surface area contributed by atoms with Gasteiger partial charge in [0.15, 0.2) is 5.65 Å². The normalized spacial score (nSPS) is 12.0. The minimum atomic E-state index is 0.687. The third kappa shape index (κ3) is 4.03. The van der Waals surface area contributed by atoms with E-state index in [-0.39, 0.29) is 0 Å². The summed E-state index contributed by atoms with van der Waals surface area (Å²) in [5.41, 5.74) is 3.90. The summed E-state index contributed by atoms with van der Waals surface area (Å²) < 4.78 is 2.66. The fourth-order valence-corrected chi connectivity index (χ4v) is 2.72. The topological polar surface area (TPSA) is 54.6 Å². The number of allylic oxidation sites excluding steroid dienone is 2. The highest BCUT2D eigenvalue weighted by Crippen LogP contribution is 2.25. The van der Waals surface area contributed by atoms with Crippen LogP contribution in [-0.2, 0) is 0 Å². The van der Waals surface area contributed by atoms with Gasteiger partial charge in [0.1, 0.15) is 5.82 Å². The Morgan fingerprint density at radius 2 is 2.16 bits per heavy atom. The monoisotopic (exact) mass is 395 g/mol. The Labute approximate surface area is 155 Å². The largest absolute Gasteiger partial charge is 0.366 e. The molecule has 25 heavy (non-hydrogen) atoms. The maximum atomic E-state index is 4.72. The van der Waals surface area contributed by atoms with Crippen molar-refractivity contribution in [1.29, 1.82) is 0 Å². The number of aromatic nitrogens is 3. The molecule has 0 fully saturated rings. The number of hydrogen-bond acceptors (Lipinski definition) is 4. The Morgan fingerprint density at radius 1 is 1.36 bits per heavy atom. The molecule has 0 radical (unpaired) electrons. The molecular formula is C19H18BrN5. The number of rotatable bonds is 6. The van der Waals surface area contributed by atoms with Gasteiger partial charge in [-0.15, -0.1) is 0 Å². The van der Waals surface area contributed by atoms with Crippen molar-refractivity contribution in [3.8, 4) is 11.3 Å². The second-order valence-corrected chi connectivity index (χ2v) is 6.37. The van der Waals surface area contributed by atoms with Crippen LogP contribution < -0.4 is 5.32 Å². The third-order valence-corrected chi connectivity index (χ3v) is 4.18. The first-order chi connectivity index (χ1) is 12.2. The van der Waals surface area contributed by atoms with E-state index in [2.05, 4.69) is 45.0 Å². The molecule has 5 nitrogen and oxygen atoms in total. The van der Waals surface area contributed by atoms with Gasteiger partial charge < -0.3 is 5.32 Å². The zero-order valence-electron chi connectivity index (χ0n) is 13.9. The molecule has 3 aromatic rings. The lowest BCUT2D eigenvalue weighted by Crippen LogP contribution is -2.09. The molecule has 0 saturated carbocycles. The zero-order valence-corrected chi connectivity index (χ0v) is 15.4. The van der Waals surface area contributed by atoms with E-state index < -0.39 is 0 Å². The Morgan fingerprint density at radius 3 is 2.92 bits per heavy atom. The molecule has 6 heteroatoms. The van der Waals surface area contributed by atoms with Crippen molar-refractivity contribution in [2.45, 2.75) is 6.92 Å². The average molecular weight is 396 g/mol. The van der Waals surface area contributed by atoms with Crippen LogP contribution in [0.15, 0.2) is 76.0 Å². The van der Waals surface area contributed by atoms with Gasteiger partial charge in [-0.05, 0) is 35.6 Å². The highest BCUT2D eigenvalue weighted by Gasteiger charge is 2.11. The second-order valence-electron chi connectivity index (χ2n) is 5.51. The number of aliphatic imine (C=N–C) groups is 1. The summed E-state index contributed by atoms with van der Waals surface area (Å²) in [6.07, 6.45) is 7.28. The Kier molecular flexibility index (Phi) is 5.40. The van der Waals surface area contributed by atoms with Gasteiger partial charge in [0, 0.05) is 24.4 Å². The molecule has 0 aliphatic rings. The first-order valence-electron chi connectivity index (χ1n) is 7.81. The Balaban J connectivity index is 1.95. The summed E-state index contributed by atoms with van der Waals surface area (Å²) in [5.74, 6) is 0.883. The molecule has 0 spiro atoms. The van der Waals surface area contributed by atoms with Crippen molar-refractivity contribution >= 4 is 34.1 Å². The summed E-state index contributed by atoms with van der Waals surface area (Å²) in [6, 6.07) is 12.1. The third-order valence-electron chi connectivity index (χ3n) is 3.62. The van der Waals surface area contributed by atoms with Gasteiger partial charge in [-0.1, -0.05) is 42.0 Å². The molecule has 0 bridgehead atoms. The van der Waals surface area contributed by atoms with Crippen molar-refractivity contribution in [2.75, 3.05) is 11.9 Å². The van der Waals surface area contributed by atoms with Crippen LogP contribution in [0.1, 0.15) is 6.92 Å². The number of fused-ring (bicyclic) bond motifs is 1. The predicted molar refractivity (Wildman–Crippen MR) is 107 cm³/mol. The zero-order chi connectivity index (χ0) is 17.6. The van der Waals surface area contributed by atoms with Crippen LogP contribution in [0, 0.1) is 0 Å². The number of hydrogen-bond donors (Lipinski definition) is 1. The first-order valence-corrected chi connectivity index (χ1v) is 8.60. The average Bonchev–Trinajstić information content (AvgIpc) is 3.02. The molecule has 1 aromatic carbocycles. The highest BCUT2D eigenvalue weighted by atomic mass is 79.9. The van der Waals surface area contributed by atoms with Crippen molar-refractivity contribution in [3.05, 3.63) is 71.0 Å². The molecule has 0 unspecified atom stereocenters. The van der Waals surface area contributed by atoms with Gasteiger partial charge >= 0.3 is 0 Å². The van der Waals surface area contributed by atoms with Gasteiger partial charge in [0.2, 0.25) is 0 Å². The quantitative estimate of drug-likeness (QED) is 0.484. The molecule has 0 aliphatic carbocycles. The van der Waals surface area contributed by atoms with E-state index in [1.165, 1.54) is 0 Å². The van der Waals surface area contributed by atoms with Crippen LogP contribution in [0.3, 0.4) is 0 Å². The molecule has 2 aromatic heterocycles. The predicted octanol–water partition coefficient (Wildman–Crippen LogP) is 4.73. The van der Waals surface area contributed by atoms with E-state index in [0.29, 0.717) is 6.54 Å². The van der Waals surface area contributed by atoms with Gasteiger partial charge in [-0.3, -0.25) is 4.99 Å². The first kappa shape index (κ1) is 17.1. The van der Waals surface area contributed by atoms with Crippen LogP contribution in [-0.4, -0.2) is 27.9 Å². The molecule has 2 heterocycles. The van der Waals surface area contributed by atoms with Gasteiger partial charge in [0.05, 0.1) is 16.4 Å². The van der Waals surface area contributed by atoms with Gasteiger partial charge in [-0.2, -0.15) is 9.61 Å². The van der Waals surface area contributed by atoms with E-state index in [1.54, 1.807) is 16.9 Å². The van der Waals surface area contributed by atoms with E-state index in [4.69, 9.17) is 4.98 Å². The van der Waals surface area contributed by atoms with E-state index in [9.17, 15) is 0 Å². The summed E-state index contributed by atoms with van der Waals surface area (Å²) >= 11 is 3.52. The molecule has 1 N–H and O–H groups in total. The number of anilines is 1.